The van der Waals surface area contributed by atoms with E-state index in [1.54, 1.807) is 0 Å². The molecule has 0 spiro atoms. The SMILES string of the molecule is CCC(CC)NS(=O)(=O)C1CCCC1C(=O)OC. The van der Waals surface area contributed by atoms with Gasteiger partial charge in [-0.15, -0.1) is 0 Å². The van der Waals surface area contributed by atoms with Crippen molar-refractivity contribution in [2.45, 2.75) is 57.2 Å². The zero-order valence-corrected chi connectivity index (χ0v) is 12.1. The predicted octanol–water partition coefficient (Wildman–Crippen LogP) is 1.44. The molecule has 1 N–H and O–H groups in total. The molecule has 106 valence electrons. The fourth-order valence-corrected chi connectivity index (χ4v) is 4.62. The maximum absolute atomic E-state index is 12.3. The Morgan fingerprint density at radius 3 is 2.44 bits per heavy atom. The van der Waals surface area contributed by atoms with E-state index in [4.69, 9.17) is 0 Å². The summed E-state index contributed by atoms with van der Waals surface area (Å²) in [5.41, 5.74) is 0. The van der Waals surface area contributed by atoms with Crippen LogP contribution >= 0.6 is 0 Å². The summed E-state index contributed by atoms with van der Waals surface area (Å²) in [7, 11) is -2.13. The fourth-order valence-electron chi connectivity index (χ4n) is 2.49. The first kappa shape index (κ1) is 15.4. The van der Waals surface area contributed by atoms with Gasteiger partial charge in [-0.3, -0.25) is 4.79 Å². The van der Waals surface area contributed by atoms with Gasteiger partial charge in [-0.25, -0.2) is 13.1 Å². The molecule has 0 aromatic heterocycles. The van der Waals surface area contributed by atoms with Crippen molar-refractivity contribution in [2.24, 2.45) is 5.92 Å². The van der Waals surface area contributed by atoms with Crippen LogP contribution in [0, 0.1) is 5.92 Å². The average Bonchev–Trinajstić information content (AvgIpc) is 2.85. The quantitative estimate of drug-likeness (QED) is 0.746. The topological polar surface area (TPSA) is 72.5 Å². The van der Waals surface area contributed by atoms with Gasteiger partial charge >= 0.3 is 5.97 Å². The molecule has 0 aromatic rings. The Labute approximate surface area is 109 Å². The number of carbonyl (C=O) groups is 1. The Bertz CT molecular complexity index is 376. The first-order chi connectivity index (χ1) is 8.46. The molecule has 18 heavy (non-hydrogen) atoms. The lowest BCUT2D eigenvalue weighted by molar-refractivity contribution is -0.145. The van der Waals surface area contributed by atoms with Crippen molar-refractivity contribution in [2.75, 3.05) is 7.11 Å². The van der Waals surface area contributed by atoms with Crippen molar-refractivity contribution < 1.29 is 17.9 Å². The summed E-state index contributed by atoms with van der Waals surface area (Å²) in [5, 5.41) is -0.634. The summed E-state index contributed by atoms with van der Waals surface area (Å²) in [6.07, 6.45) is 3.40. The van der Waals surface area contributed by atoms with E-state index in [2.05, 4.69) is 9.46 Å². The van der Waals surface area contributed by atoms with E-state index >= 15 is 0 Å². The Balaban J connectivity index is 2.80. The smallest absolute Gasteiger partial charge is 0.310 e. The van der Waals surface area contributed by atoms with Crippen LogP contribution < -0.4 is 4.72 Å². The van der Waals surface area contributed by atoms with Crippen molar-refractivity contribution in [3.8, 4) is 0 Å². The molecule has 0 amide bonds. The molecule has 6 heteroatoms. The fraction of sp³-hybridized carbons (Fsp3) is 0.917. The van der Waals surface area contributed by atoms with Gasteiger partial charge in [0.2, 0.25) is 10.0 Å². The third kappa shape index (κ3) is 3.45. The molecule has 0 saturated heterocycles. The monoisotopic (exact) mass is 277 g/mol. The van der Waals surface area contributed by atoms with Crippen LogP contribution in [0.4, 0.5) is 0 Å². The van der Waals surface area contributed by atoms with Gasteiger partial charge in [-0.2, -0.15) is 0 Å². The third-order valence-corrected chi connectivity index (χ3v) is 5.69. The zero-order valence-electron chi connectivity index (χ0n) is 11.3. The number of hydrogen-bond acceptors (Lipinski definition) is 4. The van der Waals surface area contributed by atoms with E-state index in [-0.39, 0.29) is 6.04 Å². The van der Waals surface area contributed by atoms with Crippen LogP contribution in [-0.4, -0.2) is 32.8 Å². The molecule has 0 radical (unpaired) electrons. The van der Waals surface area contributed by atoms with Crippen molar-refractivity contribution in [3.63, 3.8) is 0 Å². The van der Waals surface area contributed by atoms with Gasteiger partial charge in [0, 0.05) is 6.04 Å². The molecule has 1 saturated carbocycles. The molecule has 2 atom stereocenters. The highest BCUT2D eigenvalue weighted by molar-refractivity contribution is 7.90. The Kier molecular flexibility index (Phi) is 5.59. The van der Waals surface area contributed by atoms with Crippen LogP contribution in [-0.2, 0) is 19.6 Å². The Hall–Kier alpha value is -0.620. The summed E-state index contributed by atoms with van der Waals surface area (Å²) in [5.74, 6) is -0.922. The molecule has 5 nitrogen and oxygen atoms in total. The number of ether oxygens (including phenoxy) is 1. The summed E-state index contributed by atoms with van der Waals surface area (Å²) >= 11 is 0. The maximum atomic E-state index is 12.3. The second kappa shape index (κ2) is 6.52. The molecule has 0 heterocycles. The van der Waals surface area contributed by atoms with E-state index in [0.29, 0.717) is 12.8 Å². The minimum atomic E-state index is -3.44. The van der Waals surface area contributed by atoms with Crippen LogP contribution in [0.15, 0.2) is 0 Å². The van der Waals surface area contributed by atoms with E-state index in [0.717, 1.165) is 19.3 Å². The molecule has 1 aliphatic carbocycles. The molecule has 1 rings (SSSR count). The number of hydrogen-bond donors (Lipinski definition) is 1. The normalized spacial score (nSPS) is 24.4. The Morgan fingerprint density at radius 2 is 1.94 bits per heavy atom. The molecular formula is C12H23NO4S. The Morgan fingerprint density at radius 1 is 1.33 bits per heavy atom. The van der Waals surface area contributed by atoms with Crippen LogP contribution in [0.1, 0.15) is 46.0 Å². The molecule has 1 fully saturated rings. The zero-order chi connectivity index (χ0) is 13.8. The second-order valence-corrected chi connectivity index (χ2v) is 6.71. The van der Waals surface area contributed by atoms with Crippen LogP contribution in [0.25, 0.3) is 0 Å². The van der Waals surface area contributed by atoms with Crippen LogP contribution in [0.5, 0.6) is 0 Å². The summed E-state index contributed by atoms with van der Waals surface area (Å²) in [6.45, 7) is 3.90. The predicted molar refractivity (Wildman–Crippen MR) is 69.6 cm³/mol. The number of methoxy groups -OCH3 is 1. The van der Waals surface area contributed by atoms with Gasteiger partial charge in [-0.05, 0) is 25.7 Å². The van der Waals surface area contributed by atoms with Gasteiger partial charge in [0.1, 0.15) is 0 Å². The summed E-state index contributed by atoms with van der Waals surface area (Å²) in [4.78, 5) is 11.6. The van der Waals surface area contributed by atoms with Gasteiger partial charge in [0.05, 0.1) is 18.3 Å². The summed E-state index contributed by atoms with van der Waals surface area (Å²) < 4.78 is 31.9. The first-order valence-electron chi connectivity index (χ1n) is 6.55. The highest BCUT2D eigenvalue weighted by atomic mass is 32.2. The lowest BCUT2D eigenvalue weighted by Gasteiger charge is -2.22. The van der Waals surface area contributed by atoms with E-state index in [1.807, 2.05) is 13.8 Å². The van der Waals surface area contributed by atoms with Gasteiger partial charge in [0.25, 0.3) is 0 Å². The van der Waals surface area contributed by atoms with Crippen LogP contribution in [0.2, 0.25) is 0 Å². The number of esters is 1. The number of nitrogens with one attached hydrogen (secondary N) is 1. The van der Waals surface area contributed by atoms with Crippen molar-refractivity contribution in [1.82, 2.24) is 4.72 Å². The molecule has 0 aliphatic heterocycles. The highest BCUT2D eigenvalue weighted by Crippen LogP contribution is 2.31. The maximum Gasteiger partial charge on any atom is 0.310 e. The summed E-state index contributed by atoms with van der Waals surface area (Å²) in [6, 6.07) is -0.0473. The molecule has 2 unspecified atom stereocenters. The van der Waals surface area contributed by atoms with E-state index in [9.17, 15) is 13.2 Å². The largest absolute Gasteiger partial charge is 0.469 e. The first-order valence-corrected chi connectivity index (χ1v) is 8.09. The molecule has 0 aromatic carbocycles. The lowest BCUT2D eigenvalue weighted by Crippen LogP contribution is -2.43. The number of rotatable bonds is 6. The van der Waals surface area contributed by atoms with Gasteiger partial charge in [-0.1, -0.05) is 20.3 Å². The number of sulfonamides is 1. The third-order valence-electron chi connectivity index (χ3n) is 3.67. The molecular weight excluding hydrogens is 254 g/mol. The lowest BCUT2D eigenvalue weighted by atomic mass is 10.1. The van der Waals surface area contributed by atoms with Crippen molar-refractivity contribution in [3.05, 3.63) is 0 Å². The average molecular weight is 277 g/mol. The molecule has 1 aliphatic rings. The van der Waals surface area contributed by atoms with Crippen molar-refractivity contribution in [1.29, 1.82) is 0 Å². The molecule has 0 bridgehead atoms. The standard InChI is InChI=1S/C12H23NO4S/c1-4-9(5-2)13-18(15,16)11-8-6-7-10(11)12(14)17-3/h9-11,13H,4-8H2,1-3H3. The van der Waals surface area contributed by atoms with E-state index in [1.165, 1.54) is 7.11 Å². The minimum absolute atomic E-state index is 0.0473. The van der Waals surface area contributed by atoms with Crippen molar-refractivity contribution >= 4 is 16.0 Å². The highest BCUT2D eigenvalue weighted by Gasteiger charge is 2.42. The van der Waals surface area contributed by atoms with Crippen LogP contribution in [0.3, 0.4) is 0 Å². The number of carbonyl (C=O) groups excluding carboxylic acids is 1. The van der Waals surface area contributed by atoms with Gasteiger partial charge < -0.3 is 4.74 Å². The minimum Gasteiger partial charge on any atom is -0.469 e. The van der Waals surface area contributed by atoms with E-state index < -0.39 is 27.2 Å². The van der Waals surface area contributed by atoms with Gasteiger partial charge in [0.15, 0.2) is 0 Å². The second-order valence-electron chi connectivity index (χ2n) is 4.78.